The number of hydrogen-bond donors (Lipinski definition) is 2. The van der Waals surface area contributed by atoms with Gasteiger partial charge < -0.3 is 20.5 Å². The van der Waals surface area contributed by atoms with Gasteiger partial charge in [-0.3, -0.25) is 4.79 Å². The normalized spacial score (nSPS) is 15.2. The van der Waals surface area contributed by atoms with Gasteiger partial charge in [0.05, 0.1) is 26.4 Å². The Kier molecular flexibility index (Phi) is 6.45. The van der Waals surface area contributed by atoms with Crippen molar-refractivity contribution in [1.29, 1.82) is 0 Å². The maximum Gasteiger partial charge on any atom is 0.442 e. The highest BCUT2D eigenvalue weighted by atomic mass is 19.4. The lowest BCUT2D eigenvalue weighted by Crippen LogP contribution is -2.30. The molecule has 0 radical (unpaired) electrons. The molecular formula is C15H19F3N4O3. The van der Waals surface area contributed by atoms with Crippen LogP contribution in [0.4, 0.5) is 13.2 Å². The van der Waals surface area contributed by atoms with Gasteiger partial charge in [0.2, 0.25) is 0 Å². The van der Waals surface area contributed by atoms with Crippen molar-refractivity contribution in [1.82, 2.24) is 5.32 Å². The SMILES string of the molecule is NCCOCCOCCNC(=O)c1ccc(C2(C(F)(F)F)N=N2)cc1. The van der Waals surface area contributed by atoms with Crippen LogP contribution in [0.5, 0.6) is 0 Å². The van der Waals surface area contributed by atoms with Crippen LogP contribution in [-0.2, 0) is 15.1 Å². The lowest BCUT2D eigenvalue weighted by Gasteiger charge is -2.15. The smallest absolute Gasteiger partial charge is 0.378 e. The third-order valence-electron chi connectivity index (χ3n) is 3.41. The fourth-order valence-corrected chi connectivity index (χ4v) is 2.04. The lowest BCUT2D eigenvalue weighted by atomic mass is 10.0. The van der Waals surface area contributed by atoms with Crippen LogP contribution in [0.15, 0.2) is 34.5 Å². The van der Waals surface area contributed by atoms with E-state index >= 15 is 0 Å². The van der Waals surface area contributed by atoms with E-state index in [0.29, 0.717) is 33.0 Å². The van der Waals surface area contributed by atoms with Crippen LogP contribution >= 0.6 is 0 Å². The zero-order valence-electron chi connectivity index (χ0n) is 13.4. The number of alkyl halides is 3. The second-order valence-corrected chi connectivity index (χ2v) is 5.22. The van der Waals surface area contributed by atoms with E-state index in [9.17, 15) is 18.0 Å². The molecule has 3 N–H and O–H groups in total. The fraction of sp³-hybridized carbons (Fsp3) is 0.533. The van der Waals surface area contributed by atoms with E-state index < -0.39 is 17.7 Å². The maximum atomic E-state index is 12.9. The number of ether oxygens (including phenoxy) is 2. The van der Waals surface area contributed by atoms with Crippen LogP contribution in [0, 0.1) is 0 Å². The Labute approximate surface area is 142 Å². The van der Waals surface area contributed by atoms with Gasteiger partial charge in [-0.1, -0.05) is 12.1 Å². The summed E-state index contributed by atoms with van der Waals surface area (Å²) < 4.78 is 49.0. The molecule has 0 fully saturated rings. The molecule has 0 unspecified atom stereocenters. The Morgan fingerprint density at radius 3 is 2.20 bits per heavy atom. The number of amides is 1. The molecule has 0 spiro atoms. The molecule has 138 valence electrons. The number of hydrogen-bond acceptors (Lipinski definition) is 6. The minimum Gasteiger partial charge on any atom is -0.378 e. The Morgan fingerprint density at radius 1 is 1.08 bits per heavy atom. The van der Waals surface area contributed by atoms with Gasteiger partial charge in [0.15, 0.2) is 0 Å². The number of nitrogens with two attached hydrogens (primary N) is 1. The minimum atomic E-state index is -4.58. The Bertz CT molecular complexity index is 599. The summed E-state index contributed by atoms with van der Waals surface area (Å²) in [6.07, 6.45) is -4.58. The predicted octanol–water partition coefficient (Wildman–Crippen LogP) is 1.59. The van der Waals surface area contributed by atoms with Gasteiger partial charge in [-0.15, -0.1) is 10.2 Å². The van der Waals surface area contributed by atoms with Crippen LogP contribution in [0.25, 0.3) is 0 Å². The summed E-state index contributed by atoms with van der Waals surface area (Å²) in [5, 5.41) is 8.84. The van der Waals surface area contributed by atoms with Gasteiger partial charge >= 0.3 is 11.8 Å². The molecule has 1 aromatic rings. The highest BCUT2D eigenvalue weighted by molar-refractivity contribution is 5.94. The first-order valence-electron chi connectivity index (χ1n) is 7.66. The largest absolute Gasteiger partial charge is 0.442 e. The number of benzene rings is 1. The maximum absolute atomic E-state index is 12.9. The number of nitrogens with one attached hydrogen (secondary N) is 1. The molecule has 0 saturated heterocycles. The van der Waals surface area contributed by atoms with Gasteiger partial charge in [0, 0.05) is 24.2 Å². The van der Waals surface area contributed by atoms with Crippen LogP contribution in [0.2, 0.25) is 0 Å². The number of rotatable bonds is 10. The summed E-state index contributed by atoms with van der Waals surface area (Å²) in [7, 11) is 0. The molecule has 1 amide bonds. The summed E-state index contributed by atoms with van der Waals surface area (Å²) in [5.74, 6) is -0.403. The molecule has 0 atom stereocenters. The van der Waals surface area contributed by atoms with Gasteiger partial charge in [-0.2, -0.15) is 13.2 Å². The summed E-state index contributed by atoms with van der Waals surface area (Å²) in [6, 6.07) is 5.02. The van der Waals surface area contributed by atoms with Crippen LogP contribution in [-0.4, -0.2) is 51.6 Å². The topological polar surface area (TPSA) is 98.3 Å². The first-order chi connectivity index (χ1) is 11.9. The standard InChI is InChI=1S/C15H19F3N4O3/c16-15(17,18)14(21-22-14)12-3-1-11(2-4-12)13(23)20-6-8-25-10-9-24-7-5-19/h1-4H,5-10,19H2,(H,20,23). The minimum absolute atomic E-state index is 0.114. The van der Waals surface area contributed by atoms with E-state index in [1.807, 2.05) is 0 Å². The number of carbonyl (C=O) groups is 1. The van der Waals surface area contributed by atoms with E-state index in [2.05, 4.69) is 15.5 Å². The molecule has 7 nitrogen and oxygen atoms in total. The lowest BCUT2D eigenvalue weighted by molar-refractivity contribution is -0.166. The molecule has 1 aliphatic rings. The highest BCUT2D eigenvalue weighted by Crippen LogP contribution is 2.52. The van der Waals surface area contributed by atoms with Crippen molar-refractivity contribution in [2.45, 2.75) is 11.8 Å². The Balaban J connectivity index is 1.72. The van der Waals surface area contributed by atoms with E-state index in [4.69, 9.17) is 15.2 Å². The molecule has 10 heteroatoms. The van der Waals surface area contributed by atoms with Gasteiger partial charge in [-0.25, -0.2) is 0 Å². The third kappa shape index (κ3) is 4.97. The zero-order chi connectivity index (χ0) is 18.3. The van der Waals surface area contributed by atoms with E-state index in [1.165, 1.54) is 24.3 Å². The summed E-state index contributed by atoms with van der Waals surface area (Å²) in [5.41, 5.74) is 2.92. The van der Waals surface area contributed by atoms with Crippen molar-refractivity contribution < 1.29 is 27.4 Å². The summed E-state index contributed by atoms with van der Waals surface area (Å²) in [6.45, 7) is 2.29. The van der Waals surface area contributed by atoms with Crippen molar-refractivity contribution in [3.63, 3.8) is 0 Å². The third-order valence-corrected chi connectivity index (χ3v) is 3.41. The highest BCUT2D eigenvalue weighted by Gasteiger charge is 2.65. The Hall–Kier alpha value is -2.04. The number of nitrogens with zero attached hydrogens (tertiary/aromatic N) is 2. The van der Waals surface area contributed by atoms with Crippen molar-refractivity contribution in [2.24, 2.45) is 16.0 Å². The van der Waals surface area contributed by atoms with Crippen LogP contribution in [0.1, 0.15) is 15.9 Å². The van der Waals surface area contributed by atoms with Gasteiger partial charge in [0.25, 0.3) is 5.91 Å². The molecule has 0 bridgehead atoms. The van der Waals surface area contributed by atoms with E-state index in [-0.39, 0.29) is 17.7 Å². The Morgan fingerprint density at radius 2 is 1.68 bits per heavy atom. The molecule has 0 aliphatic carbocycles. The van der Waals surface area contributed by atoms with Gasteiger partial charge in [-0.05, 0) is 12.1 Å². The summed E-state index contributed by atoms with van der Waals surface area (Å²) >= 11 is 0. The average Bonchev–Trinajstić information content (AvgIpc) is 3.39. The molecule has 2 rings (SSSR count). The first kappa shape index (κ1) is 19.3. The van der Waals surface area contributed by atoms with Crippen molar-refractivity contribution in [3.05, 3.63) is 35.4 Å². The van der Waals surface area contributed by atoms with E-state index in [1.54, 1.807) is 0 Å². The molecule has 25 heavy (non-hydrogen) atoms. The second-order valence-electron chi connectivity index (χ2n) is 5.22. The van der Waals surface area contributed by atoms with Crippen molar-refractivity contribution in [2.75, 3.05) is 39.5 Å². The fourth-order valence-electron chi connectivity index (χ4n) is 2.04. The molecule has 0 saturated carbocycles. The summed E-state index contributed by atoms with van der Waals surface area (Å²) in [4.78, 5) is 11.9. The molecule has 1 aliphatic heterocycles. The molecule has 1 aromatic carbocycles. The monoisotopic (exact) mass is 360 g/mol. The zero-order valence-corrected chi connectivity index (χ0v) is 13.4. The van der Waals surface area contributed by atoms with Crippen molar-refractivity contribution in [3.8, 4) is 0 Å². The van der Waals surface area contributed by atoms with Crippen LogP contribution < -0.4 is 11.1 Å². The number of halogens is 3. The van der Waals surface area contributed by atoms with Gasteiger partial charge in [0.1, 0.15) is 0 Å². The molecule has 0 aromatic heterocycles. The van der Waals surface area contributed by atoms with Crippen LogP contribution in [0.3, 0.4) is 0 Å². The van der Waals surface area contributed by atoms with Crippen molar-refractivity contribution >= 4 is 5.91 Å². The van der Waals surface area contributed by atoms with E-state index in [0.717, 1.165) is 0 Å². The number of carbonyl (C=O) groups excluding carboxylic acids is 1. The molecular weight excluding hydrogens is 341 g/mol. The first-order valence-corrected chi connectivity index (χ1v) is 7.66. The second kappa shape index (κ2) is 8.37. The molecule has 1 heterocycles. The predicted molar refractivity (Wildman–Crippen MR) is 82.1 cm³/mol. The average molecular weight is 360 g/mol. The quantitative estimate of drug-likeness (QED) is 0.619.